The topological polar surface area (TPSA) is 15.3 Å². The molecule has 1 fully saturated rings. The van der Waals surface area contributed by atoms with Crippen molar-refractivity contribution in [1.82, 2.24) is 10.2 Å². The Balaban J connectivity index is 2.48. The van der Waals surface area contributed by atoms with Gasteiger partial charge in [0.15, 0.2) is 0 Å². The Bertz CT molecular complexity index is 229. The van der Waals surface area contributed by atoms with E-state index < -0.39 is 0 Å². The van der Waals surface area contributed by atoms with Crippen molar-refractivity contribution in [3.8, 4) is 0 Å². The van der Waals surface area contributed by atoms with Crippen molar-refractivity contribution in [2.24, 2.45) is 17.8 Å². The molecule has 1 rings (SSSR count). The second-order valence-corrected chi connectivity index (χ2v) is 6.78. The van der Waals surface area contributed by atoms with E-state index in [9.17, 15) is 0 Å². The maximum absolute atomic E-state index is 3.33. The summed E-state index contributed by atoms with van der Waals surface area (Å²) >= 11 is 0. The monoisotopic (exact) mass is 268 g/mol. The van der Waals surface area contributed by atoms with E-state index in [-0.39, 0.29) is 0 Å². The molecule has 1 aliphatic rings. The minimum Gasteiger partial charge on any atom is -0.320 e. The van der Waals surface area contributed by atoms with Crippen LogP contribution in [0.5, 0.6) is 0 Å². The second-order valence-electron chi connectivity index (χ2n) is 6.78. The smallest absolute Gasteiger partial charge is 0.00978 e. The highest BCUT2D eigenvalue weighted by Crippen LogP contribution is 2.39. The fourth-order valence-corrected chi connectivity index (χ4v) is 3.72. The van der Waals surface area contributed by atoms with Crippen LogP contribution in [0.15, 0.2) is 0 Å². The molecule has 0 aliphatic heterocycles. The Labute approximate surface area is 121 Å². The lowest BCUT2D eigenvalue weighted by atomic mass is 9.89. The van der Waals surface area contributed by atoms with Crippen LogP contribution >= 0.6 is 0 Å². The SMILES string of the molecule is CCCC1CC(N(C)CC(C)CC)CC1CCNC. The molecule has 2 nitrogen and oxygen atoms in total. The number of nitrogens with zero attached hydrogens (tertiary/aromatic N) is 1. The van der Waals surface area contributed by atoms with E-state index in [4.69, 9.17) is 0 Å². The van der Waals surface area contributed by atoms with Gasteiger partial charge in [0, 0.05) is 12.6 Å². The molecule has 0 radical (unpaired) electrons. The van der Waals surface area contributed by atoms with Gasteiger partial charge in [-0.3, -0.25) is 0 Å². The highest BCUT2D eigenvalue weighted by molar-refractivity contribution is 4.88. The molecule has 0 saturated heterocycles. The quantitative estimate of drug-likeness (QED) is 0.685. The summed E-state index contributed by atoms with van der Waals surface area (Å²) < 4.78 is 0. The van der Waals surface area contributed by atoms with E-state index in [1.165, 1.54) is 51.6 Å². The Morgan fingerprint density at radius 3 is 2.32 bits per heavy atom. The minimum atomic E-state index is 0.839. The van der Waals surface area contributed by atoms with Crippen LogP contribution in [0.1, 0.15) is 59.3 Å². The lowest BCUT2D eigenvalue weighted by Crippen LogP contribution is -2.33. The summed E-state index contributed by atoms with van der Waals surface area (Å²) in [5.41, 5.74) is 0. The third-order valence-electron chi connectivity index (χ3n) is 5.16. The predicted octanol–water partition coefficient (Wildman–Crippen LogP) is 3.77. The molecule has 0 heterocycles. The molecule has 0 aromatic carbocycles. The summed E-state index contributed by atoms with van der Waals surface area (Å²) in [6.07, 6.45) is 8.33. The van der Waals surface area contributed by atoms with Gasteiger partial charge in [0.2, 0.25) is 0 Å². The van der Waals surface area contributed by atoms with E-state index in [0.717, 1.165) is 23.8 Å². The molecule has 0 bridgehead atoms. The summed E-state index contributed by atoms with van der Waals surface area (Å²) in [5, 5.41) is 3.33. The van der Waals surface area contributed by atoms with Gasteiger partial charge in [-0.1, -0.05) is 40.0 Å². The molecule has 2 heteroatoms. The first kappa shape index (κ1) is 17.0. The third kappa shape index (κ3) is 5.43. The highest BCUT2D eigenvalue weighted by atomic mass is 15.1. The van der Waals surface area contributed by atoms with Gasteiger partial charge in [-0.05, 0) is 57.7 Å². The predicted molar refractivity (Wildman–Crippen MR) is 85.5 cm³/mol. The van der Waals surface area contributed by atoms with Crippen LogP contribution in [0.3, 0.4) is 0 Å². The summed E-state index contributed by atoms with van der Waals surface area (Å²) in [5.74, 6) is 2.77. The third-order valence-corrected chi connectivity index (χ3v) is 5.16. The van der Waals surface area contributed by atoms with Crippen LogP contribution in [-0.4, -0.2) is 38.1 Å². The van der Waals surface area contributed by atoms with Gasteiger partial charge in [0.1, 0.15) is 0 Å². The molecule has 4 atom stereocenters. The zero-order valence-electron chi connectivity index (χ0n) is 13.9. The van der Waals surface area contributed by atoms with Crippen molar-refractivity contribution in [2.45, 2.75) is 65.3 Å². The normalized spacial score (nSPS) is 29.1. The minimum absolute atomic E-state index is 0.839. The first-order valence-corrected chi connectivity index (χ1v) is 8.47. The molecule has 0 spiro atoms. The summed E-state index contributed by atoms with van der Waals surface area (Å²) in [4.78, 5) is 2.65. The Hall–Kier alpha value is -0.0800. The fourth-order valence-electron chi connectivity index (χ4n) is 3.72. The van der Waals surface area contributed by atoms with Crippen molar-refractivity contribution < 1.29 is 0 Å². The van der Waals surface area contributed by atoms with Crippen molar-refractivity contribution in [3.63, 3.8) is 0 Å². The van der Waals surface area contributed by atoms with Crippen LogP contribution in [-0.2, 0) is 0 Å². The Morgan fingerprint density at radius 1 is 1.16 bits per heavy atom. The van der Waals surface area contributed by atoms with Crippen molar-refractivity contribution >= 4 is 0 Å². The average Bonchev–Trinajstić information content (AvgIpc) is 2.80. The van der Waals surface area contributed by atoms with Gasteiger partial charge in [-0.25, -0.2) is 0 Å². The summed E-state index contributed by atoms with van der Waals surface area (Å²) in [7, 11) is 4.43. The van der Waals surface area contributed by atoms with E-state index in [1.807, 2.05) is 0 Å². The zero-order valence-corrected chi connectivity index (χ0v) is 13.9. The Morgan fingerprint density at radius 2 is 1.79 bits per heavy atom. The van der Waals surface area contributed by atoms with Crippen molar-refractivity contribution in [2.75, 3.05) is 27.2 Å². The zero-order chi connectivity index (χ0) is 14.3. The van der Waals surface area contributed by atoms with Gasteiger partial charge in [-0.15, -0.1) is 0 Å². The maximum Gasteiger partial charge on any atom is 0.00978 e. The van der Waals surface area contributed by atoms with E-state index in [2.05, 4.69) is 45.1 Å². The van der Waals surface area contributed by atoms with Crippen molar-refractivity contribution in [1.29, 1.82) is 0 Å². The largest absolute Gasteiger partial charge is 0.320 e. The molecular formula is C17H36N2. The standard InChI is InChI=1S/C17H36N2/c1-6-8-15-11-17(12-16(15)9-10-18-4)19(5)13-14(3)7-2/h14-18H,6-13H2,1-5H3. The first-order valence-electron chi connectivity index (χ1n) is 8.47. The van der Waals surface area contributed by atoms with E-state index in [0.29, 0.717) is 0 Å². The van der Waals surface area contributed by atoms with Crippen LogP contribution in [0, 0.1) is 17.8 Å². The average molecular weight is 268 g/mol. The lowest BCUT2D eigenvalue weighted by Gasteiger charge is -2.27. The molecule has 1 saturated carbocycles. The molecule has 1 aliphatic carbocycles. The highest BCUT2D eigenvalue weighted by Gasteiger charge is 2.35. The van der Waals surface area contributed by atoms with Crippen LogP contribution in [0.25, 0.3) is 0 Å². The lowest BCUT2D eigenvalue weighted by molar-refractivity contribution is 0.205. The first-order chi connectivity index (χ1) is 9.12. The molecule has 19 heavy (non-hydrogen) atoms. The van der Waals surface area contributed by atoms with E-state index >= 15 is 0 Å². The van der Waals surface area contributed by atoms with Crippen LogP contribution in [0.4, 0.5) is 0 Å². The van der Waals surface area contributed by atoms with Crippen LogP contribution < -0.4 is 5.32 Å². The molecular weight excluding hydrogens is 232 g/mol. The Kier molecular flexibility index (Phi) is 8.01. The van der Waals surface area contributed by atoms with Crippen LogP contribution in [0.2, 0.25) is 0 Å². The molecule has 0 aromatic heterocycles. The van der Waals surface area contributed by atoms with Gasteiger partial charge in [0.05, 0.1) is 0 Å². The van der Waals surface area contributed by atoms with Gasteiger partial charge in [-0.2, -0.15) is 0 Å². The molecule has 0 aromatic rings. The van der Waals surface area contributed by atoms with Gasteiger partial charge >= 0.3 is 0 Å². The number of hydrogen-bond donors (Lipinski definition) is 1. The van der Waals surface area contributed by atoms with Gasteiger partial charge in [0.25, 0.3) is 0 Å². The van der Waals surface area contributed by atoms with Gasteiger partial charge < -0.3 is 10.2 Å². The number of nitrogens with one attached hydrogen (secondary N) is 1. The molecule has 0 amide bonds. The second kappa shape index (κ2) is 8.97. The number of rotatable bonds is 9. The molecule has 4 unspecified atom stereocenters. The fraction of sp³-hybridized carbons (Fsp3) is 1.00. The summed E-state index contributed by atoms with van der Waals surface area (Å²) in [6, 6.07) is 0.840. The molecule has 114 valence electrons. The summed E-state index contributed by atoms with van der Waals surface area (Å²) in [6.45, 7) is 9.49. The number of hydrogen-bond acceptors (Lipinski definition) is 2. The van der Waals surface area contributed by atoms with Crippen molar-refractivity contribution in [3.05, 3.63) is 0 Å². The molecule has 1 N–H and O–H groups in total. The van der Waals surface area contributed by atoms with E-state index in [1.54, 1.807) is 0 Å². The maximum atomic E-state index is 3.33.